The Labute approximate surface area is 127 Å². The van der Waals surface area contributed by atoms with Crippen LogP contribution in [0.1, 0.15) is 18.1 Å². The van der Waals surface area contributed by atoms with E-state index in [4.69, 9.17) is 23.2 Å². The van der Waals surface area contributed by atoms with Crippen molar-refractivity contribution in [2.24, 2.45) is 0 Å². The summed E-state index contributed by atoms with van der Waals surface area (Å²) in [7, 11) is 0. The van der Waals surface area contributed by atoms with Gasteiger partial charge in [0.25, 0.3) is 0 Å². The van der Waals surface area contributed by atoms with Gasteiger partial charge >= 0.3 is 5.97 Å². The molecule has 0 aliphatic rings. The molecule has 3 nitrogen and oxygen atoms in total. The van der Waals surface area contributed by atoms with Crippen molar-refractivity contribution in [1.82, 2.24) is 4.98 Å². The first kappa shape index (κ1) is 14.8. The lowest BCUT2D eigenvalue weighted by Gasteiger charge is -2.27. The molecule has 1 N–H and O–H groups in total. The van der Waals surface area contributed by atoms with E-state index in [-0.39, 0.29) is 6.42 Å². The van der Waals surface area contributed by atoms with E-state index in [2.05, 4.69) is 4.98 Å². The second-order valence-corrected chi connectivity index (χ2v) is 5.58. The molecular formula is C15H13Cl2NO2. The number of carboxylic acids is 1. The van der Waals surface area contributed by atoms with Crippen LogP contribution in [0.25, 0.3) is 0 Å². The van der Waals surface area contributed by atoms with E-state index < -0.39 is 11.4 Å². The number of pyridine rings is 1. The molecule has 20 heavy (non-hydrogen) atoms. The summed E-state index contributed by atoms with van der Waals surface area (Å²) in [6, 6.07) is 8.56. The maximum atomic E-state index is 11.8. The lowest BCUT2D eigenvalue weighted by Crippen LogP contribution is -2.35. The van der Waals surface area contributed by atoms with Gasteiger partial charge in [0, 0.05) is 28.0 Å². The number of aromatic nitrogens is 1. The van der Waals surface area contributed by atoms with Crippen LogP contribution in [0.15, 0.2) is 42.7 Å². The van der Waals surface area contributed by atoms with Crippen molar-refractivity contribution < 1.29 is 9.90 Å². The third kappa shape index (κ3) is 2.79. The SMILES string of the molecule is CC(Cc1ccncc1)(C(=O)O)c1c(Cl)cccc1Cl. The molecule has 2 aromatic rings. The highest BCUT2D eigenvalue weighted by Gasteiger charge is 2.38. The molecule has 0 aliphatic heterocycles. The molecule has 0 spiro atoms. The first-order valence-corrected chi connectivity index (χ1v) is 6.77. The lowest BCUT2D eigenvalue weighted by molar-refractivity contribution is -0.143. The molecule has 1 aromatic carbocycles. The quantitative estimate of drug-likeness (QED) is 0.929. The van der Waals surface area contributed by atoms with Gasteiger partial charge in [-0.2, -0.15) is 0 Å². The zero-order valence-corrected chi connectivity index (χ0v) is 12.3. The van der Waals surface area contributed by atoms with Crippen LogP contribution in [-0.2, 0) is 16.6 Å². The van der Waals surface area contributed by atoms with Crippen molar-refractivity contribution in [3.8, 4) is 0 Å². The van der Waals surface area contributed by atoms with E-state index in [0.717, 1.165) is 5.56 Å². The van der Waals surface area contributed by atoms with Crippen molar-refractivity contribution in [3.63, 3.8) is 0 Å². The number of nitrogens with zero attached hydrogens (tertiary/aromatic N) is 1. The fourth-order valence-corrected chi connectivity index (χ4v) is 3.02. The van der Waals surface area contributed by atoms with E-state index in [1.807, 2.05) is 0 Å². The van der Waals surface area contributed by atoms with Crippen LogP contribution in [0.4, 0.5) is 0 Å². The standard InChI is InChI=1S/C15H13Cl2NO2/c1-15(14(19)20,9-10-5-7-18-8-6-10)13-11(16)3-2-4-12(13)17/h2-8H,9H2,1H3,(H,19,20). The van der Waals surface area contributed by atoms with Crippen molar-refractivity contribution in [3.05, 3.63) is 63.9 Å². The molecular weight excluding hydrogens is 297 g/mol. The minimum atomic E-state index is -1.20. The second-order valence-electron chi connectivity index (χ2n) is 4.77. The minimum Gasteiger partial charge on any atom is -0.481 e. The predicted octanol–water partition coefficient (Wildman–Crippen LogP) is 3.97. The number of carboxylic acid groups (broad SMARTS) is 1. The van der Waals surface area contributed by atoms with Gasteiger partial charge < -0.3 is 5.11 Å². The Hall–Kier alpha value is -1.58. The van der Waals surface area contributed by atoms with Gasteiger partial charge in [-0.05, 0) is 43.2 Å². The molecule has 0 saturated carbocycles. The average Bonchev–Trinajstić information content (AvgIpc) is 2.39. The van der Waals surface area contributed by atoms with E-state index in [9.17, 15) is 9.90 Å². The molecule has 0 amide bonds. The number of hydrogen-bond acceptors (Lipinski definition) is 2. The molecule has 0 radical (unpaired) electrons. The van der Waals surface area contributed by atoms with E-state index in [0.29, 0.717) is 15.6 Å². The summed E-state index contributed by atoms with van der Waals surface area (Å²) in [5, 5.41) is 10.4. The number of halogens is 2. The Morgan fingerprint density at radius 2 is 1.75 bits per heavy atom. The van der Waals surface area contributed by atoms with Gasteiger partial charge in [0.05, 0.1) is 5.41 Å². The van der Waals surface area contributed by atoms with E-state index >= 15 is 0 Å². The molecule has 1 heterocycles. The van der Waals surface area contributed by atoms with Crippen LogP contribution in [0.5, 0.6) is 0 Å². The van der Waals surface area contributed by atoms with Crippen LogP contribution in [0.3, 0.4) is 0 Å². The van der Waals surface area contributed by atoms with Gasteiger partial charge in [-0.3, -0.25) is 9.78 Å². The molecule has 1 atom stereocenters. The highest BCUT2D eigenvalue weighted by molar-refractivity contribution is 6.36. The molecule has 1 aromatic heterocycles. The normalized spacial score (nSPS) is 13.8. The zero-order valence-electron chi connectivity index (χ0n) is 10.8. The fourth-order valence-electron chi connectivity index (χ4n) is 2.20. The molecule has 5 heteroatoms. The average molecular weight is 310 g/mol. The molecule has 104 valence electrons. The smallest absolute Gasteiger partial charge is 0.314 e. The fraction of sp³-hybridized carbons (Fsp3) is 0.200. The number of rotatable bonds is 4. The number of carbonyl (C=O) groups is 1. The van der Waals surface area contributed by atoms with Crippen molar-refractivity contribution in [2.75, 3.05) is 0 Å². The molecule has 0 bridgehead atoms. The number of benzene rings is 1. The van der Waals surface area contributed by atoms with Gasteiger partial charge in [-0.15, -0.1) is 0 Å². The summed E-state index contributed by atoms with van der Waals surface area (Å²) in [6.45, 7) is 1.63. The van der Waals surface area contributed by atoms with Gasteiger partial charge in [0.15, 0.2) is 0 Å². The van der Waals surface area contributed by atoms with Gasteiger partial charge in [0.1, 0.15) is 0 Å². The highest BCUT2D eigenvalue weighted by atomic mass is 35.5. The first-order valence-electron chi connectivity index (χ1n) is 6.02. The molecule has 0 aliphatic carbocycles. The van der Waals surface area contributed by atoms with Crippen molar-refractivity contribution in [2.45, 2.75) is 18.8 Å². The summed E-state index contributed by atoms with van der Waals surface area (Å²) in [5.41, 5.74) is 0.102. The predicted molar refractivity (Wildman–Crippen MR) is 79.4 cm³/mol. The molecule has 0 fully saturated rings. The Morgan fingerprint density at radius 3 is 2.25 bits per heavy atom. The van der Waals surface area contributed by atoms with E-state index in [1.165, 1.54) is 0 Å². The third-order valence-electron chi connectivity index (χ3n) is 3.29. The number of hydrogen-bond donors (Lipinski definition) is 1. The largest absolute Gasteiger partial charge is 0.481 e. The summed E-state index contributed by atoms with van der Waals surface area (Å²) in [6.07, 6.45) is 3.55. The summed E-state index contributed by atoms with van der Waals surface area (Å²) >= 11 is 12.3. The topological polar surface area (TPSA) is 50.2 Å². The Balaban J connectivity index is 2.53. The van der Waals surface area contributed by atoms with Gasteiger partial charge in [-0.25, -0.2) is 0 Å². The van der Waals surface area contributed by atoms with Gasteiger partial charge in [-0.1, -0.05) is 29.3 Å². The minimum absolute atomic E-state index is 0.286. The van der Waals surface area contributed by atoms with Crippen LogP contribution in [0, 0.1) is 0 Å². The zero-order chi connectivity index (χ0) is 14.8. The summed E-state index contributed by atoms with van der Waals surface area (Å²) < 4.78 is 0. The summed E-state index contributed by atoms with van der Waals surface area (Å²) in [4.78, 5) is 15.7. The van der Waals surface area contributed by atoms with Crippen molar-refractivity contribution >= 4 is 29.2 Å². The Bertz CT molecular complexity index is 611. The monoisotopic (exact) mass is 309 g/mol. The maximum absolute atomic E-state index is 11.8. The Kier molecular flexibility index (Phi) is 4.31. The first-order chi connectivity index (χ1) is 9.45. The van der Waals surface area contributed by atoms with Crippen molar-refractivity contribution in [1.29, 1.82) is 0 Å². The molecule has 1 unspecified atom stereocenters. The van der Waals surface area contributed by atoms with Crippen LogP contribution in [0.2, 0.25) is 10.0 Å². The van der Waals surface area contributed by atoms with Crippen LogP contribution >= 0.6 is 23.2 Å². The Morgan fingerprint density at radius 1 is 1.20 bits per heavy atom. The van der Waals surface area contributed by atoms with Gasteiger partial charge in [0.2, 0.25) is 0 Å². The van der Waals surface area contributed by atoms with Crippen LogP contribution in [-0.4, -0.2) is 16.1 Å². The maximum Gasteiger partial charge on any atom is 0.314 e. The van der Waals surface area contributed by atoms with E-state index in [1.54, 1.807) is 49.6 Å². The van der Waals surface area contributed by atoms with Crippen LogP contribution < -0.4 is 0 Å². The molecule has 2 rings (SSSR count). The third-order valence-corrected chi connectivity index (χ3v) is 3.92. The highest BCUT2D eigenvalue weighted by Crippen LogP contribution is 2.38. The summed E-state index contributed by atoms with van der Waals surface area (Å²) in [5.74, 6) is -0.968. The second kappa shape index (κ2) is 5.81. The lowest BCUT2D eigenvalue weighted by atomic mass is 9.77. The number of aliphatic carboxylic acids is 1. The molecule has 0 saturated heterocycles.